The first-order valence-corrected chi connectivity index (χ1v) is 6.64. The molecule has 1 atom stereocenters. The second-order valence-corrected chi connectivity index (χ2v) is 4.99. The molecule has 20 heavy (non-hydrogen) atoms. The summed E-state index contributed by atoms with van der Waals surface area (Å²) in [5.74, 6) is 1.10. The molecule has 1 N–H and O–H groups in total. The number of nitrogens with zero attached hydrogens (tertiary/aromatic N) is 1. The van der Waals surface area contributed by atoms with Gasteiger partial charge in [0, 0.05) is 20.6 Å². The SMILES string of the molecule is COc1ccc(CNC(C)C(=O)N(C)C)c(Cl)c1OC. The molecule has 6 heteroatoms. The van der Waals surface area contributed by atoms with Crippen molar-refractivity contribution in [3.63, 3.8) is 0 Å². The van der Waals surface area contributed by atoms with Crippen LogP contribution in [0.4, 0.5) is 0 Å². The van der Waals surface area contributed by atoms with Gasteiger partial charge in [0.05, 0.1) is 25.3 Å². The molecule has 1 rings (SSSR count). The first-order valence-electron chi connectivity index (χ1n) is 6.26. The van der Waals surface area contributed by atoms with Crippen LogP contribution in [0.15, 0.2) is 12.1 Å². The number of ether oxygens (including phenoxy) is 2. The van der Waals surface area contributed by atoms with Crippen LogP contribution in [0, 0.1) is 0 Å². The van der Waals surface area contributed by atoms with Crippen molar-refractivity contribution in [3.8, 4) is 11.5 Å². The molecule has 0 saturated carbocycles. The highest BCUT2D eigenvalue weighted by Crippen LogP contribution is 2.37. The van der Waals surface area contributed by atoms with Gasteiger partial charge in [0.2, 0.25) is 5.91 Å². The lowest BCUT2D eigenvalue weighted by Crippen LogP contribution is -2.41. The molecule has 1 aromatic rings. The van der Waals surface area contributed by atoms with Crippen LogP contribution in [-0.2, 0) is 11.3 Å². The number of methoxy groups -OCH3 is 2. The number of carbonyl (C=O) groups excluding carboxylic acids is 1. The lowest BCUT2D eigenvalue weighted by atomic mass is 10.1. The molecule has 5 nitrogen and oxygen atoms in total. The van der Waals surface area contributed by atoms with Crippen LogP contribution in [0.1, 0.15) is 12.5 Å². The summed E-state index contributed by atoms with van der Waals surface area (Å²) in [4.78, 5) is 13.3. The molecule has 0 bridgehead atoms. The number of nitrogens with one attached hydrogen (secondary N) is 1. The summed E-state index contributed by atoms with van der Waals surface area (Å²) in [7, 11) is 6.55. The number of carbonyl (C=O) groups is 1. The third kappa shape index (κ3) is 3.77. The van der Waals surface area contributed by atoms with E-state index < -0.39 is 0 Å². The van der Waals surface area contributed by atoms with Gasteiger partial charge in [0.15, 0.2) is 11.5 Å². The van der Waals surface area contributed by atoms with Gasteiger partial charge >= 0.3 is 0 Å². The first-order chi connectivity index (χ1) is 9.42. The molecule has 112 valence electrons. The van der Waals surface area contributed by atoms with E-state index in [-0.39, 0.29) is 11.9 Å². The monoisotopic (exact) mass is 300 g/mol. The van der Waals surface area contributed by atoms with Crippen LogP contribution < -0.4 is 14.8 Å². The van der Waals surface area contributed by atoms with Gasteiger partial charge in [-0.05, 0) is 18.6 Å². The van der Waals surface area contributed by atoms with E-state index in [1.54, 1.807) is 39.3 Å². The average Bonchev–Trinajstić information content (AvgIpc) is 2.44. The molecule has 0 spiro atoms. The van der Waals surface area contributed by atoms with Crippen LogP contribution in [0.2, 0.25) is 5.02 Å². The quantitative estimate of drug-likeness (QED) is 0.872. The van der Waals surface area contributed by atoms with Crippen LogP contribution in [-0.4, -0.2) is 45.2 Å². The minimum atomic E-state index is -0.283. The summed E-state index contributed by atoms with van der Waals surface area (Å²) in [6.45, 7) is 2.29. The smallest absolute Gasteiger partial charge is 0.238 e. The van der Waals surface area contributed by atoms with Crippen molar-refractivity contribution in [1.29, 1.82) is 0 Å². The first kappa shape index (κ1) is 16.6. The van der Waals surface area contributed by atoms with Gasteiger partial charge in [0.25, 0.3) is 0 Å². The fraction of sp³-hybridized carbons (Fsp3) is 0.500. The van der Waals surface area contributed by atoms with E-state index in [4.69, 9.17) is 21.1 Å². The van der Waals surface area contributed by atoms with Crippen molar-refractivity contribution in [2.75, 3.05) is 28.3 Å². The van der Waals surface area contributed by atoms with Gasteiger partial charge in [-0.1, -0.05) is 17.7 Å². The molecule has 0 aliphatic heterocycles. The van der Waals surface area contributed by atoms with E-state index >= 15 is 0 Å². The average molecular weight is 301 g/mol. The lowest BCUT2D eigenvalue weighted by Gasteiger charge is -2.19. The molecule has 1 amide bonds. The molecule has 0 fully saturated rings. The van der Waals surface area contributed by atoms with Gasteiger partial charge in [-0.3, -0.25) is 4.79 Å². The van der Waals surface area contributed by atoms with Crippen LogP contribution in [0.25, 0.3) is 0 Å². The zero-order valence-electron chi connectivity index (χ0n) is 12.5. The lowest BCUT2D eigenvalue weighted by molar-refractivity contribution is -0.130. The van der Waals surface area contributed by atoms with Crippen LogP contribution in [0.3, 0.4) is 0 Å². The molecule has 1 aromatic carbocycles. The number of amides is 1. The molecule has 0 radical (unpaired) electrons. The summed E-state index contributed by atoms with van der Waals surface area (Å²) >= 11 is 6.28. The van der Waals surface area contributed by atoms with Crippen molar-refractivity contribution in [3.05, 3.63) is 22.7 Å². The van der Waals surface area contributed by atoms with Crippen molar-refractivity contribution < 1.29 is 14.3 Å². The number of rotatable bonds is 6. The van der Waals surface area contributed by atoms with Crippen molar-refractivity contribution in [2.45, 2.75) is 19.5 Å². The highest BCUT2D eigenvalue weighted by molar-refractivity contribution is 6.33. The third-order valence-electron chi connectivity index (χ3n) is 2.97. The summed E-state index contributed by atoms with van der Waals surface area (Å²) in [6, 6.07) is 3.36. The fourth-order valence-corrected chi connectivity index (χ4v) is 2.10. The largest absolute Gasteiger partial charge is 0.493 e. The maximum Gasteiger partial charge on any atom is 0.238 e. The molecular formula is C14H21ClN2O3. The summed E-state index contributed by atoms with van der Waals surface area (Å²) in [5.41, 5.74) is 0.850. The van der Waals surface area contributed by atoms with Gasteiger partial charge in [-0.2, -0.15) is 0 Å². The standard InChI is InChI=1S/C14H21ClN2O3/c1-9(14(18)17(2)3)16-8-10-6-7-11(19-4)13(20-5)12(10)15/h6-7,9,16H,8H2,1-5H3. The number of benzene rings is 1. The topological polar surface area (TPSA) is 50.8 Å². The Kier molecular flexibility index (Phi) is 6.10. The van der Waals surface area contributed by atoms with Crippen molar-refractivity contribution in [2.24, 2.45) is 0 Å². The summed E-state index contributed by atoms with van der Waals surface area (Å²) in [6.07, 6.45) is 0. The molecule has 0 aliphatic rings. The predicted molar refractivity (Wildman–Crippen MR) is 79.6 cm³/mol. The van der Waals surface area contributed by atoms with Gasteiger partial charge < -0.3 is 19.7 Å². The molecule has 1 unspecified atom stereocenters. The van der Waals surface area contributed by atoms with Gasteiger partial charge in [0.1, 0.15) is 0 Å². The number of hydrogen-bond donors (Lipinski definition) is 1. The summed E-state index contributed by atoms with van der Waals surface area (Å²) < 4.78 is 10.4. The maximum absolute atomic E-state index is 11.8. The van der Waals surface area contributed by atoms with E-state index in [2.05, 4.69) is 5.32 Å². The Balaban J connectivity index is 2.81. The van der Waals surface area contributed by atoms with Crippen LogP contribution >= 0.6 is 11.6 Å². The van der Waals surface area contributed by atoms with Gasteiger partial charge in [-0.15, -0.1) is 0 Å². The van der Waals surface area contributed by atoms with E-state index in [1.807, 2.05) is 13.0 Å². The van der Waals surface area contributed by atoms with Crippen LogP contribution in [0.5, 0.6) is 11.5 Å². The van der Waals surface area contributed by atoms with E-state index in [9.17, 15) is 4.79 Å². The Hall–Kier alpha value is -1.46. The predicted octanol–water partition coefficient (Wildman–Crippen LogP) is 1.92. The highest BCUT2D eigenvalue weighted by atomic mass is 35.5. The third-order valence-corrected chi connectivity index (χ3v) is 3.39. The minimum Gasteiger partial charge on any atom is -0.493 e. The molecule has 0 aliphatic carbocycles. The Labute approximate surface area is 124 Å². The zero-order valence-corrected chi connectivity index (χ0v) is 13.2. The molecule has 0 saturated heterocycles. The van der Waals surface area contributed by atoms with E-state index in [0.29, 0.717) is 23.1 Å². The number of hydrogen-bond acceptors (Lipinski definition) is 4. The summed E-state index contributed by atoms with van der Waals surface area (Å²) in [5, 5.41) is 3.63. The number of halogens is 1. The second-order valence-electron chi connectivity index (χ2n) is 4.61. The molecule has 0 heterocycles. The molecule has 0 aromatic heterocycles. The zero-order chi connectivity index (χ0) is 15.3. The Morgan fingerprint density at radius 2 is 2.00 bits per heavy atom. The number of likely N-dealkylation sites (N-methyl/N-ethyl adjacent to an activating group) is 1. The van der Waals surface area contributed by atoms with E-state index in [0.717, 1.165) is 5.56 Å². The second kappa shape index (κ2) is 7.36. The van der Waals surface area contributed by atoms with Crippen molar-refractivity contribution in [1.82, 2.24) is 10.2 Å². The Morgan fingerprint density at radius 3 is 2.50 bits per heavy atom. The Bertz CT molecular complexity index is 478. The molecular weight excluding hydrogens is 280 g/mol. The van der Waals surface area contributed by atoms with Gasteiger partial charge in [-0.25, -0.2) is 0 Å². The fourth-order valence-electron chi connectivity index (χ4n) is 1.80. The van der Waals surface area contributed by atoms with E-state index in [1.165, 1.54) is 0 Å². The maximum atomic E-state index is 11.8. The normalized spacial score (nSPS) is 11.9. The van der Waals surface area contributed by atoms with Crippen molar-refractivity contribution >= 4 is 17.5 Å². The highest BCUT2D eigenvalue weighted by Gasteiger charge is 2.17. The minimum absolute atomic E-state index is 0.0154. The Morgan fingerprint density at radius 1 is 1.35 bits per heavy atom.